The van der Waals surface area contributed by atoms with E-state index in [1.807, 2.05) is 38.1 Å². The number of carbonyl (C=O) groups is 2. The van der Waals surface area contributed by atoms with E-state index < -0.39 is 0 Å². The maximum atomic E-state index is 12.3. The number of amides is 2. The van der Waals surface area contributed by atoms with Gasteiger partial charge in [-0.25, -0.2) is 0 Å². The van der Waals surface area contributed by atoms with Crippen LogP contribution in [0.3, 0.4) is 0 Å². The molecule has 0 bridgehead atoms. The van der Waals surface area contributed by atoms with Crippen LogP contribution in [0.25, 0.3) is 11.0 Å². The minimum atomic E-state index is -0.269. The molecular formula is C15H18N2O3. The fraction of sp³-hybridized carbons (Fsp3) is 0.333. The number of hydrogen-bond acceptors (Lipinski definition) is 3. The van der Waals surface area contributed by atoms with Gasteiger partial charge >= 0.3 is 0 Å². The zero-order chi connectivity index (χ0) is 14.5. The van der Waals surface area contributed by atoms with E-state index in [4.69, 9.17) is 4.42 Å². The Morgan fingerprint density at radius 1 is 1.25 bits per heavy atom. The molecule has 0 radical (unpaired) electrons. The van der Waals surface area contributed by atoms with Gasteiger partial charge in [0.05, 0.1) is 6.54 Å². The van der Waals surface area contributed by atoms with Crippen LogP contribution >= 0.6 is 0 Å². The highest BCUT2D eigenvalue weighted by atomic mass is 16.3. The first kappa shape index (κ1) is 14.1. The normalized spacial score (nSPS) is 10.5. The SMILES string of the molecule is CCNC(=O)CN(CC)C(=O)c1cc2ccccc2o1. The van der Waals surface area contributed by atoms with Crippen molar-refractivity contribution in [2.24, 2.45) is 0 Å². The summed E-state index contributed by atoms with van der Waals surface area (Å²) in [6.45, 7) is 4.72. The van der Waals surface area contributed by atoms with Gasteiger partial charge in [0.25, 0.3) is 5.91 Å². The molecule has 1 aromatic heterocycles. The maximum Gasteiger partial charge on any atom is 0.290 e. The topological polar surface area (TPSA) is 62.6 Å². The van der Waals surface area contributed by atoms with Crippen molar-refractivity contribution in [3.8, 4) is 0 Å². The fourth-order valence-electron chi connectivity index (χ4n) is 2.00. The van der Waals surface area contributed by atoms with E-state index in [9.17, 15) is 9.59 Å². The summed E-state index contributed by atoms with van der Waals surface area (Å²) in [6, 6.07) is 9.14. The van der Waals surface area contributed by atoms with Gasteiger partial charge in [-0.2, -0.15) is 0 Å². The molecule has 20 heavy (non-hydrogen) atoms. The Hall–Kier alpha value is -2.30. The number of hydrogen-bond donors (Lipinski definition) is 1. The molecule has 1 heterocycles. The van der Waals surface area contributed by atoms with E-state index in [2.05, 4.69) is 5.32 Å². The van der Waals surface area contributed by atoms with E-state index in [0.29, 0.717) is 18.7 Å². The minimum absolute atomic E-state index is 0.0419. The lowest BCUT2D eigenvalue weighted by atomic mass is 10.2. The van der Waals surface area contributed by atoms with Gasteiger partial charge in [-0.1, -0.05) is 18.2 Å². The van der Waals surface area contributed by atoms with Crippen LogP contribution in [0.4, 0.5) is 0 Å². The zero-order valence-corrected chi connectivity index (χ0v) is 11.7. The third kappa shape index (κ3) is 2.99. The second-order valence-corrected chi connectivity index (χ2v) is 4.42. The lowest BCUT2D eigenvalue weighted by Gasteiger charge is -2.18. The van der Waals surface area contributed by atoms with Crippen LogP contribution in [-0.4, -0.2) is 36.3 Å². The summed E-state index contributed by atoms with van der Waals surface area (Å²) in [5.41, 5.74) is 0.671. The summed E-state index contributed by atoms with van der Waals surface area (Å²) in [6.07, 6.45) is 0. The smallest absolute Gasteiger partial charge is 0.290 e. The van der Waals surface area contributed by atoms with E-state index in [0.717, 1.165) is 5.39 Å². The van der Waals surface area contributed by atoms with Crippen LogP contribution in [0.2, 0.25) is 0 Å². The van der Waals surface area contributed by atoms with E-state index >= 15 is 0 Å². The predicted octanol–water partition coefficient (Wildman–Crippen LogP) is 2.03. The van der Waals surface area contributed by atoms with Crippen molar-refractivity contribution < 1.29 is 14.0 Å². The van der Waals surface area contributed by atoms with E-state index in [-0.39, 0.29) is 24.1 Å². The minimum Gasteiger partial charge on any atom is -0.451 e. The molecule has 0 saturated heterocycles. The summed E-state index contributed by atoms with van der Waals surface area (Å²) in [5, 5.41) is 3.56. The summed E-state index contributed by atoms with van der Waals surface area (Å²) >= 11 is 0. The van der Waals surface area contributed by atoms with Crippen molar-refractivity contribution in [2.45, 2.75) is 13.8 Å². The van der Waals surface area contributed by atoms with Crippen molar-refractivity contribution in [3.63, 3.8) is 0 Å². The summed E-state index contributed by atoms with van der Waals surface area (Å²) in [4.78, 5) is 25.4. The van der Waals surface area contributed by atoms with Crippen LogP contribution in [0.15, 0.2) is 34.7 Å². The molecule has 0 spiro atoms. The highest BCUT2D eigenvalue weighted by molar-refractivity contribution is 5.97. The molecule has 106 valence electrons. The van der Waals surface area contributed by atoms with E-state index in [1.54, 1.807) is 6.07 Å². The average Bonchev–Trinajstić information content (AvgIpc) is 2.88. The number of nitrogens with zero attached hydrogens (tertiary/aromatic N) is 1. The molecule has 0 aliphatic heterocycles. The van der Waals surface area contributed by atoms with Crippen LogP contribution in [0.5, 0.6) is 0 Å². The standard InChI is InChI=1S/C15H18N2O3/c1-3-16-14(18)10-17(4-2)15(19)13-9-11-7-5-6-8-12(11)20-13/h5-9H,3-4,10H2,1-2H3,(H,16,18). The Balaban J connectivity index is 2.17. The number of fused-ring (bicyclic) bond motifs is 1. The number of furan rings is 1. The number of benzene rings is 1. The molecule has 0 saturated carbocycles. The third-order valence-electron chi connectivity index (χ3n) is 3.01. The number of para-hydroxylation sites is 1. The molecule has 0 aliphatic rings. The second kappa shape index (κ2) is 6.23. The lowest BCUT2D eigenvalue weighted by Crippen LogP contribution is -2.40. The molecule has 2 amide bonds. The largest absolute Gasteiger partial charge is 0.451 e. The van der Waals surface area contributed by atoms with Gasteiger partial charge in [-0.3, -0.25) is 9.59 Å². The summed E-state index contributed by atoms with van der Waals surface area (Å²) in [7, 11) is 0. The molecule has 2 rings (SSSR count). The first-order valence-corrected chi connectivity index (χ1v) is 6.70. The van der Waals surface area contributed by atoms with Crippen molar-refractivity contribution in [2.75, 3.05) is 19.6 Å². The van der Waals surface area contributed by atoms with Gasteiger partial charge in [-0.05, 0) is 26.0 Å². The fourth-order valence-corrected chi connectivity index (χ4v) is 2.00. The van der Waals surface area contributed by atoms with Crippen molar-refractivity contribution in [1.82, 2.24) is 10.2 Å². The first-order valence-electron chi connectivity index (χ1n) is 6.70. The number of rotatable bonds is 5. The molecule has 2 aromatic rings. The van der Waals surface area contributed by atoms with Crippen LogP contribution in [0, 0.1) is 0 Å². The van der Waals surface area contributed by atoms with Gasteiger partial charge in [0, 0.05) is 18.5 Å². The number of nitrogens with one attached hydrogen (secondary N) is 1. The number of likely N-dealkylation sites (N-methyl/N-ethyl adjacent to an activating group) is 2. The Morgan fingerprint density at radius 2 is 2.00 bits per heavy atom. The molecular weight excluding hydrogens is 256 g/mol. The van der Waals surface area contributed by atoms with Gasteiger partial charge < -0.3 is 14.6 Å². The molecule has 0 aliphatic carbocycles. The highest BCUT2D eigenvalue weighted by Crippen LogP contribution is 2.19. The predicted molar refractivity (Wildman–Crippen MR) is 76.5 cm³/mol. The third-order valence-corrected chi connectivity index (χ3v) is 3.01. The van der Waals surface area contributed by atoms with Crippen LogP contribution < -0.4 is 5.32 Å². The van der Waals surface area contributed by atoms with Crippen molar-refractivity contribution in [1.29, 1.82) is 0 Å². The molecule has 5 nitrogen and oxygen atoms in total. The molecule has 1 N–H and O–H groups in total. The Kier molecular flexibility index (Phi) is 4.40. The molecule has 1 aromatic carbocycles. The van der Waals surface area contributed by atoms with E-state index in [1.165, 1.54) is 4.90 Å². The average molecular weight is 274 g/mol. The molecule has 0 atom stereocenters. The van der Waals surface area contributed by atoms with Gasteiger partial charge in [0.1, 0.15) is 5.58 Å². The van der Waals surface area contributed by atoms with Crippen molar-refractivity contribution in [3.05, 3.63) is 36.1 Å². The molecule has 5 heteroatoms. The van der Waals surface area contributed by atoms with Gasteiger partial charge in [0.2, 0.25) is 5.91 Å². The Bertz CT molecular complexity index is 585. The van der Waals surface area contributed by atoms with Gasteiger partial charge in [0.15, 0.2) is 5.76 Å². The lowest BCUT2D eigenvalue weighted by molar-refractivity contribution is -0.121. The van der Waals surface area contributed by atoms with Gasteiger partial charge in [-0.15, -0.1) is 0 Å². The second-order valence-electron chi connectivity index (χ2n) is 4.42. The highest BCUT2D eigenvalue weighted by Gasteiger charge is 2.20. The maximum absolute atomic E-state index is 12.3. The van der Waals surface area contributed by atoms with Crippen molar-refractivity contribution >= 4 is 22.8 Å². The molecule has 0 unspecified atom stereocenters. The van der Waals surface area contributed by atoms with Crippen LogP contribution in [0.1, 0.15) is 24.4 Å². The first-order chi connectivity index (χ1) is 9.65. The van der Waals surface area contributed by atoms with Crippen LogP contribution in [-0.2, 0) is 4.79 Å². The summed E-state index contributed by atoms with van der Waals surface area (Å²) < 4.78 is 5.53. The number of carbonyl (C=O) groups excluding carboxylic acids is 2. The molecule has 0 fully saturated rings. The Labute approximate surface area is 117 Å². The summed E-state index contributed by atoms with van der Waals surface area (Å²) in [5.74, 6) is -0.175. The quantitative estimate of drug-likeness (QED) is 0.907. The zero-order valence-electron chi connectivity index (χ0n) is 11.7. The Morgan fingerprint density at radius 3 is 2.65 bits per heavy atom. The monoisotopic (exact) mass is 274 g/mol.